The van der Waals surface area contributed by atoms with Crippen LogP contribution in [0, 0.1) is 11.8 Å². The molecule has 1 heterocycles. The second-order valence-electron chi connectivity index (χ2n) is 6.57. The highest BCUT2D eigenvalue weighted by Gasteiger charge is 2.28. The van der Waals surface area contributed by atoms with E-state index >= 15 is 0 Å². The zero-order valence-electron chi connectivity index (χ0n) is 12.9. The van der Waals surface area contributed by atoms with Crippen molar-refractivity contribution in [2.24, 2.45) is 17.6 Å². The first-order chi connectivity index (χ1) is 8.85. The number of hydrogen-bond acceptors (Lipinski definition) is 4. The zero-order chi connectivity index (χ0) is 14.5. The zero-order valence-corrected chi connectivity index (χ0v) is 12.9. The number of ether oxygens (including phenoxy) is 1. The van der Waals surface area contributed by atoms with E-state index in [1.807, 2.05) is 0 Å². The molecule has 0 aromatic rings. The van der Waals surface area contributed by atoms with Crippen molar-refractivity contribution in [3.05, 3.63) is 0 Å². The molecular weight excluding hydrogens is 240 g/mol. The third kappa shape index (κ3) is 5.49. The maximum Gasteiger partial charge on any atom is 0.325 e. The van der Waals surface area contributed by atoms with Crippen molar-refractivity contribution in [3.63, 3.8) is 0 Å². The average Bonchev–Trinajstić information content (AvgIpc) is 2.32. The predicted molar refractivity (Wildman–Crippen MR) is 77.8 cm³/mol. The van der Waals surface area contributed by atoms with Gasteiger partial charge in [-0.05, 0) is 51.0 Å². The molecule has 1 aliphatic rings. The quantitative estimate of drug-likeness (QED) is 0.592. The van der Waals surface area contributed by atoms with Crippen molar-refractivity contribution in [3.8, 4) is 0 Å². The van der Waals surface area contributed by atoms with Crippen LogP contribution in [0.3, 0.4) is 0 Å². The summed E-state index contributed by atoms with van der Waals surface area (Å²) in [4.78, 5) is 14.0. The molecule has 4 heteroatoms. The van der Waals surface area contributed by atoms with Crippen molar-refractivity contribution >= 4 is 5.97 Å². The van der Waals surface area contributed by atoms with Gasteiger partial charge in [0, 0.05) is 13.1 Å². The van der Waals surface area contributed by atoms with Crippen LogP contribution < -0.4 is 5.73 Å². The minimum Gasteiger partial charge on any atom is -0.468 e. The van der Waals surface area contributed by atoms with Gasteiger partial charge in [-0.15, -0.1) is 0 Å². The Morgan fingerprint density at radius 1 is 1.32 bits per heavy atom. The summed E-state index contributed by atoms with van der Waals surface area (Å²) in [5, 5.41) is 0. The first-order valence-corrected chi connectivity index (χ1v) is 7.45. The molecule has 0 aromatic heterocycles. The van der Waals surface area contributed by atoms with Crippen molar-refractivity contribution in [2.45, 2.75) is 52.0 Å². The first kappa shape index (κ1) is 16.4. The van der Waals surface area contributed by atoms with Crippen LogP contribution in [-0.2, 0) is 9.53 Å². The second kappa shape index (κ2) is 7.25. The number of rotatable bonds is 6. The first-order valence-electron chi connectivity index (χ1n) is 7.45. The summed E-state index contributed by atoms with van der Waals surface area (Å²) in [7, 11) is 1.39. The van der Waals surface area contributed by atoms with Crippen LogP contribution in [0.5, 0.6) is 0 Å². The summed E-state index contributed by atoms with van der Waals surface area (Å²) in [5.74, 6) is 1.30. The number of hydrogen-bond donors (Lipinski definition) is 1. The molecule has 3 atom stereocenters. The lowest BCUT2D eigenvalue weighted by molar-refractivity contribution is -0.146. The van der Waals surface area contributed by atoms with Gasteiger partial charge in [0.2, 0.25) is 0 Å². The number of methoxy groups -OCH3 is 1. The standard InChI is InChI=1S/C15H30N2O2/c1-12-9-13(2)11-17(10-12)8-6-5-7-15(3,16)14(18)19-4/h12-13H,5-11,16H2,1-4H3. The summed E-state index contributed by atoms with van der Waals surface area (Å²) in [6, 6.07) is 0. The van der Waals surface area contributed by atoms with Gasteiger partial charge in [-0.2, -0.15) is 0 Å². The van der Waals surface area contributed by atoms with E-state index in [1.54, 1.807) is 6.92 Å². The minimum absolute atomic E-state index is 0.312. The third-order valence-electron chi connectivity index (χ3n) is 4.02. The SMILES string of the molecule is COC(=O)C(C)(N)CCCCN1CC(C)CC(C)C1. The van der Waals surface area contributed by atoms with E-state index < -0.39 is 5.54 Å². The van der Waals surface area contributed by atoms with Crippen LogP contribution in [-0.4, -0.2) is 43.2 Å². The Morgan fingerprint density at radius 3 is 2.42 bits per heavy atom. The smallest absolute Gasteiger partial charge is 0.325 e. The highest BCUT2D eigenvalue weighted by molar-refractivity contribution is 5.79. The fourth-order valence-corrected chi connectivity index (χ4v) is 3.14. The average molecular weight is 270 g/mol. The largest absolute Gasteiger partial charge is 0.468 e. The molecule has 0 bridgehead atoms. The van der Waals surface area contributed by atoms with Gasteiger partial charge in [0.25, 0.3) is 0 Å². The topological polar surface area (TPSA) is 55.6 Å². The maximum absolute atomic E-state index is 11.5. The van der Waals surface area contributed by atoms with Crippen molar-refractivity contribution in [2.75, 3.05) is 26.7 Å². The fourth-order valence-electron chi connectivity index (χ4n) is 3.14. The van der Waals surface area contributed by atoms with Crippen LogP contribution in [0.1, 0.15) is 46.5 Å². The molecule has 0 aliphatic carbocycles. The Labute approximate surface area is 117 Å². The number of nitrogens with two attached hydrogens (primary N) is 1. The lowest BCUT2D eigenvalue weighted by Crippen LogP contribution is -2.45. The molecule has 19 heavy (non-hydrogen) atoms. The number of unbranched alkanes of at least 4 members (excludes halogenated alkanes) is 1. The Morgan fingerprint density at radius 2 is 1.89 bits per heavy atom. The molecular formula is C15H30N2O2. The van der Waals surface area contributed by atoms with E-state index in [2.05, 4.69) is 18.7 Å². The molecule has 0 radical (unpaired) electrons. The lowest BCUT2D eigenvalue weighted by atomic mass is 9.91. The van der Waals surface area contributed by atoms with Gasteiger partial charge in [0.15, 0.2) is 0 Å². The molecule has 1 saturated heterocycles. The summed E-state index contributed by atoms with van der Waals surface area (Å²) in [6.45, 7) is 9.95. The summed E-state index contributed by atoms with van der Waals surface area (Å²) in [5.41, 5.74) is 5.11. The lowest BCUT2D eigenvalue weighted by Gasteiger charge is -2.35. The van der Waals surface area contributed by atoms with Gasteiger partial charge < -0.3 is 15.4 Å². The van der Waals surface area contributed by atoms with Gasteiger partial charge in [-0.3, -0.25) is 4.79 Å². The summed E-state index contributed by atoms with van der Waals surface area (Å²) < 4.78 is 4.72. The molecule has 0 aromatic carbocycles. The highest BCUT2D eigenvalue weighted by Crippen LogP contribution is 2.21. The van der Waals surface area contributed by atoms with Gasteiger partial charge in [0.05, 0.1) is 7.11 Å². The van der Waals surface area contributed by atoms with Gasteiger partial charge in [0.1, 0.15) is 5.54 Å². The molecule has 112 valence electrons. The molecule has 0 saturated carbocycles. The van der Waals surface area contributed by atoms with E-state index in [0.717, 1.165) is 31.2 Å². The van der Waals surface area contributed by atoms with Crippen molar-refractivity contribution < 1.29 is 9.53 Å². The number of likely N-dealkylation sites (tertiary alicyclic amines) is 1. The normalized spacial score (nSPS) is 27.8. The summed E-state index contributed by atoms with van der Waals surface area (Å²) >= 11 is 0. The van der Waals surface area contributed by atoms with Crippen LogP contribution in [0.2, 0.25) is 0 Å². The van der Waals surface area contributed by atoms with Gasteiger partial charge in [-0.25, -0.2) is 0 Å². The molecule has 4 nitrogen and oxygen atoms in total. The van der Waals surface area contributed by atoms with Gasteiger partial charge >= 0.3 is 5.97 Å². The Hall–Kier alpha value is -0.610. The third-order valence-corrected chi connectivity index (χ3v) is 4.02. The number of nitrogens with zero attached hydrogens (tertiary/aromatic N) is 1. The monoisotopic (exact) mass is 270 g/mol. The van der Waals surface area contributed by atoms with E-state index in [1.165, 1.54) is 26.6 Å². The number of piperidine rings is 1. The fraction of sp³-hybridized carbons (Fsp3) is 0.933. The van der Waals surface area contributed by atoms with Crippen molar-refractivity contribution in [1.82, 2.24) is 4.90 Å². The molecule has 1 fully saturated rings. The van der Waals surface area contributed by atoms with Crippen LogP contribution in [0.25, 0.3) is 0 Å². The Balaban J connectivity index is 2.22. The Kier molecular flexibility index (Phi) is 6.27. The molecule has 2 N–H and O–H groups in total. The van der Waals surface area contributed by atoms with Crippen molar-refractivity contribution in [1.29, 1.82) is 0 Å². The molecule has 0 spiro atoms. The second-order valence-corrected chi connectivity index (χ2v) is 6.57. The van der Waals surface area contributed by atoms with E-state index in [9.17, 15) is 4.79 Å². The summed E-state index contributed by atoms with van der Waals surface area (Å²) in [6.07, 6.45) is 4.11. The molecule has 3 unspecified atom stereocenters. The maximum atomic E-state index is 11.5. The van der Waals surface area contributed by atoms with E-state index in [4.69, 9.17) is 10.5 Å². The molecule has 0 amide bonds. The van der Waals surface area contributed by atoms with Gasteiger partial charge in [-0.1, -0.05) is 13.8 Å². The van der Waals surface area contributed by atoms with E-state index in [-0.39, 0.29) is 5.97 Å². The predicted octanol–water partition coefficient (Wildman–Crippen LogP) is 2.02. The Bertz CT molecular complexity index is 282. The molecule has 1 aliphatic heterocycles. The van der Waals surface area contributed by atoms with Crippen LogP contribution >= 0.6 is 0 Å². The van der Waals surface area contributed by atoms with Crippen LogP contribution in [0.4, 0.5) is 0 Å². The number of esters is 1. The number of carbonyl (C=O) groups excluding carboxylic acids is 1. The highest BCUT2D eigenvalue weighted by atomic mass is 16.5. The minimum atomic E-state index is -0.836. The van der Waals surface area contributed by atoms with E-state index in [0.29, 0.717) is 6.42 Å². The van der Waals surface area contributed by atoms with Crippen LogP contribution in [0.15, 0.2) is 0 Å². The molecule has 1 rings (SSSR count). The number of carbonyl (C=O) groups is 1.